The number of amides is 1. The molecule has 6 nitrogen and oxygen atoms in total. The first kappa shape index (κ1) is 21.1. The van der Waals surface area contributed by atoms with Crippen LogP contribution in [0.1, 0.15) is 33.1 Å². The highest BCUT2D eigenvalue weighted by Crippen LogP contribution is 2.29. The topological polar surface area (TPSA) is 57.9 Å². The number of rotatable bonds is 4. The van der Waals surface area contributed by atoms with E-state index in [0.717, 1.165) is 18.7 Å². The number of hydrogen-bond acceptors (Lipinski definition) is 4. The number of carbonyl (C=O) groups is 1. The Morgan fingerprint density at radius 2 is 1.45 bits per heavy atom. The van der Waals surface area contributed by atoms with Crippen LogP contribution in [0, 0.1) is 6.92 Å². The van der Waals surface area contributed by atoms with Crippen molar-refractivity contribution >= 4 is 11.6 Å². The molecule has 1 saturated heterocycles. The fourth-order valence-corrected chi connectivity index (χ4v) is 4.57. The van der Waals surface area contributed by atoms with Crippen molar-refractivity contribution in [3.63, 3.8) is 0 Å². The molecule has 0 bridgehead atoms. The molecule has 0 spiro atoms. The first-order valence-corrected chi connectivity index (χ1v) is 11.2. The molecule has 33 heavy (non-hydrogen) atoms. The lowest BCUT2D eigenvalue weighted by Gasteiger charge is -2.39. The van der Waals surface area contributed by atoms with Gasteiger partial charge in [-0.3, -0.25) is 18.9 Å². The predicted octanol–water partition coefficient (Wildman–Crippen LogP) is 3.55. The van der Waals surface area contributed by atoms with Gasteiger partial charge in [-0.25, -0.2) is 4.98 Å². The van der Waals surface area contributed by atoms with Gasteiger partial charge >= 0.3 is 0 Å². The van der Waals surface area contributed by atoms with Gasteiger partial charge in [-0.05, 0) is 29.7 Å². The summed E-state index contributed by atoms with van der Waals surface area (Å²) in [4.78, 5) is 34.7. The highest BCUT2D eigenvalue weighted by Gasteiger charge is 2.29. The summed E-state index contributed by atoms with van der Waals surface area (Å²) in [6.07, 6.45) is 3.14. The minimum Gasteiger partial charge on any atom is -0.336 e. The molecule has 0 saturated carbocycles. The standard InChI is InChI=1S/C27H26N4O2/c1-20-12-13-24-28-18-23(27(33)31(24)19-20)26(32)30-16-14-29(15-17-30)25(21-8-4-2-5-9-21)22-10-6-3-7-11-22/h2-13,18-19,25H,14-17H2,1H3. The zero-order valence-corrected chi connectivity index (χ0v) is 18.6. The summed E-state index contributed by atoms with van der Waals surface area (Å²) in [7, 11) is 0. The van der Waals surface area contributed by atoms with Gasteiger partial charge in [-0.1, -0.05) is 66.7 Å². The maximum atomic E-state index is 13.2. The van der Waals surface area contributed by atoms with Crippen molar-refractivity contribution in [2.24, 2.45) is 0 Å². The maximum Gasteiger partial charge on any atom is 0.270 e. The summed E-state index contributed by atoms with van der Waals surface area (Å²) >= 11 is 0. The molecule has 0 unspecified atom stereocenters. The van der Waals surface area contributed by atoms with Crippen molar-refractivity contribution in [1.29, 1.82) is 0 Å². The molecule has 1 aliphatic rings. The summed E-state index contributed by atoms with van der Waals surface area (Å²) in [5.74, 6) is -0.251. The Morgan fingerprint density at radius 3 is 2.06 bits per heavy atom. The van der Waals surface area contributed by atoms with Gasteiger partial charge < -0.3 is 4.90 Å². The molecule has 1 amide bonds. The normalized spacial score (nSPS) is 14.7. The van der Waals surface area contributed by atoms with Gasteiger partial charge in [0.25, 0.3) is 11.5 Å². The monoisotopic (exact) mass is 438 g/mol. The number of pyridine rings is 1. The van der Waals surface area contributed by atoms with E-state index in [1.807, 2.05) is 25.1 Å². The second kappa shape index (κ2) is 9.00. The second-order valence-electron chi connectivity index (χ2n) is 8.46. The molecule has 0 atom stereocenters. The number of fused-ring (bicyclic) bond motifs is 1. The van der Waals surface area contributed by atoms with E-state index in [0.29, 0.717) is 18.7 Å². The Kier molecular flexibility index (Phi) is 5.75. The predicted molar refractivity (Wildman–Crippen MR) is 128 cm³/mol. The molecule has 0 radical (unpaired) electrons. The molecule has 1 fully saturated rings. The number of aryl methyl sites for hydroxylation is 1. The van der Waals surface area contributed by atoms with Crippen molar-refractivity contribution < 1.29 is 4.79 Å². The van der Waals surface area contributed by atoms with Gasteiger partial charge in [-0.2, -0.15) is 0 Å². The van der Waals surface area contributed by atoms with Crippen LogP contribution in [-0.2, 0) is 0 Å². The first-order valence-electron chi connectivity index (χ1n) is 11.2. The van der Waals surface area contributed by atoms with Crippen LogP contribution in [0.15, 0.2) is 90.0 Å². The average Bonchev–Trinajstić information content (AvgIpc) is 2.86. The molecule has 5 rings (SSSR count). The highest BCUT2D eigenvalue weighted by molar-refractivity contribution is 5.93. The highest BCUT2D eigenvalue weighted by atomic mass is 16.2. The van der Waals surface area contributed by atoms with Crippen molar-refractivity contribution in [3.05, 3.63) is 118 Å². The van der Waals surface area contributed by atoms with Gasteiger partial charge in [0.05, 0.1) is 6.04 Å². The third-order valence-corrected chi connectivity index (χ3v) is 6.28. The van der Waals surface area contributed by atoms with Crippen molar-refractivity contribution in [2.75, 3.05) is 26.2 Å². The number of nitrogens with zero attached hydrogens (tertiary/aromatic N) is 4. The number of hydrogen-bond donors (Lipinski definition) is 0. The molecule has 3 heterocycles. The zero-order valence-electron chi connectivity index (χ0n) is 18.6. The van der Waals surface area contributed by atoms with Crippen LogP contribution < -0.4 is 5.56 Å². The van der Waals surface area contributed by atoms with Gasteiger partial charge in [0.2, 0.25) is 0 Å². The summed E-state index contributed by atoms with van der Waals surface area (Å²) in [6, 6.07) is 24.7. The summed E-state index contributed by atoms with van der Waals surface area (Å²) in [6.45, 7) is 4.48. The zero-order chi connectivity index (χ0) is 22.8. The van der Waals surface area contributed by atoms with E-state index in [2.05, 4.69) is 58.4 Å². The maximum absolute atomic E-state index is 13.2. The largest absolute Gasteiger partial charge is 0.336 e. The van der Waals surface area contributed by atoms with Crippen molar-refractivity contribution in [3.8, 4) is 0 Å². The van der Waals surface area contributed by atoms with Gasteiger partial charge in [0.1, 0.15) is 11.2 Å². The molecule has 166 valence electrons. The Labute approximate surface area is 192 Å². The third kappa shape index (κ3) is 4.17. The Hall–Kier alpha value is -3.77. The van der Waals surface area contributed by atoms with E-state index in [9.17, 15) is 9.59 Å². The van der Waals surface area contributed by atoms with Crippen LogP contribution >= 0.6 is 0 Å². The fourth-order valence-electron chi connectivity index (χ4n) is 4.57. The van der Waals surface area contributed by atoms with Crippen LogP contribution in [0.2, 0.25) is 0 Å². The molecule has 2 aromatic carbocycles. The lowest BCUT2D eigenvalue weighted by molar-refractivity contribution is 0.0595. The Morgan fingerprint density at radius 1 is 0.848 bits per heavy atom. The quantitative estimate of drug-likeness (QED) is 0.489. The number of aromatic nitrogens is 2. The molecule has 0 aliphatic carbocycles. The molecule has 4 aromatic rings. The second-order valence-corrected chi connectivity index (χ2v) is 8.46. The van der Waals surface area contributed by atoms with Gasteiger partial charge in [-0.15, -0.1) is 0 Å². The molecular formula is C27H26N4O2. The fraction of sp³-hybridized carbons (Fsp3) is 0.222. The lowest BCUT2D eigenvalue weighted by Crippen LogP contribution is -2.50. The summed E-state index contributed by atoms with van der Waals surface area (Å²) in [5, 5.41) is 0. The van der Waals surface area contributed by atoms with Crippen LogP contribution in [-0.4, -0.2) is 51.3 Å². The number of benzene rings is 2. The van der Waals surface area contributed by atoms with E-state index in [1.165, 1.54) is 21.7 Å². The van der Waals surface area contributed by atoms with Crippen molar-refractivity contribution in [2.45, 2.75) is 13.0 Å². The van der Waals surface area contributed by atoms with Crippen LogP contribution in [0.25, 0.3) is 5.65 Å². The van der Waals surface area contributed by atoms with E-state index in [1.54, 1.807) is 17.2 Å². The molecular weight excluding hydrogens is 412 g/mol. The Bertz CT molecular complexity index is 1290. The van der Waals surface area contributed by atoms with E-state index in [-0.39, 0.29) is 23.1 Å². The van der Waals surface area contributed by atoms with Crippen LogP contribution in [0.5, 0.6) is 0 Å². The lowest BCUT2D eigenvalue weighted by atomic mass is 9.96. The van der Waals surface area contributed by atoms with Crippen molar-refractivity contribution in [1.82, 2.24) is 19.2 Å². The summed E-state index contributed by atoms with van der Waals surface area (Å²) < 4.78 is 1.46. The van der Waals surface area contributed by atoms with E-state index in [4.69, 9.17) is 0 Å². The molecule has 1 aliphatic heterocycles. The average molecular weight is 439 g/mol. The first-order chi connectivity index (χ1) is 16.1. The smallest absolute Gasteiger partial charge is 0.270 e. The van der Waals surface area contributed by atoms with Gasteiger partial charge in [0, 0.05) is 38.6 Å². The number of carbonyl (C=O) groups excluding carboxylic acids is 1. The van der Waals surface area contributed by atoms with E-state index < -0.39 is 0 Å². The molecule has 2 aromatic heterocycles. The van der Waals surface area contributed by atoms with Crippen LogP contribution in [0.3, 0.4) is 0 Å². The third-order valence-electron chi connectivity index (χ3n) is 6.28. The van der Waals surface area contributed by atoms with E-state index >= 15 is 0 Å². The molecule has 0 N–H and O–H groups in total. The Balaban J connectivity index is 1.37. The van der Waals surface area contributed by atoms with Crippen LogP contribution in [0.4, 0.5) is 0 Å². The SMILES string of the molecule is Cc1ccc2ncc(C(=O)N3CCN(C(c4ccccc4)c4ccccc4)CC3)c(=O)n2c1. The minimum absolute atomic E-state index is 0.120. The minimum atomic E-state index is -0.317. The number of piperazine rings is 1. The molecule has 6 heteroatoms. The summed E-state index contributed by atoms with van der Waals surface area (Å²) in [5.41, 5.74) is 3.75. The van der Waals surface area contributed by atoms with Gasteiger partial charge in [0.15, 0.2) is 0 Å².